The van der Waals surface area contributed by atoms with Gasteiger partial charge in [-0.15, -0.1) is 0 Å². The van der Waals surface area contributed by atoms with E-state index in [1.165, 1.54) is 25.3 Å². The molecule has 22 heteroatoms. The number of phosphoric ester groups is 2. The molecule has 1 fully saturated rings. The second kappa shape index (κ2) is 38.5. The number of nitrogen functional groups attached to an aromatic ring is 1. The van der Waals surface area contributed by atoms with E-state index < -0.39 is 95.9 Å². The third kappa shape index (κ3) is 30.3. The summed E-state index contributed by atoms with van der Waals surface area (Å²) in [6.45, 7) is 1.92. The van der Waals surface area contributed by atoms with Gasteiger partial charge in [0.05, 0.1) is 25.4 Å². The van der Waals surface area contributed by atoms with Gasteiger partial charge in [-0.2, -0.15) is 9.29 Å². The van der Waals surface area contributed by atoms with Crippen molar-refractivity contribution in [3.8, 4) is 0 Å². The number of carbonyl (C=O) groups is 2. The topological polar surface area (TPSA) is 306 Å². The van der Waals surface area contributed by atoms with Gasteiger partial charge in [0.15, 0.2) is 12.3 Å². The van der Waals surface area contributed by atoms with E-state index in [4.69, 9.17) is 29.0 Å². The summed E-state index contributed by atoms with van der Waals surface area (Å²) >= 11 is 0. The lowest BCUT2D eigenvalue weighted by Crippen LogP contribution is -2.36. The van der Waals surface area contributed by atoms with Crippen LogP contribution >= 0.6 is 15.6 Å². The van der Waals surface area contributed by atoms with Crippen LogP contribution < -0.4 is 11.4 Å². The number of anilines is 1. The van der Waals surface area contributed by atoms with Gasteiger partial charge in [-0.3, -0.25) is 23.2 Å². The SMILES string of the molecule is CCCCC/C=C\C/C=C\CCCCCCCCCC(=O)OC[C@H](COP(=O)(O)OP(=O)(O)OC[C@H]1O[C@@H](n2ccc(N)nc2=O)[C@H](O)[C@@H]1O)OC(=O)CCCCCCC[C@H](O)[C@@H](O)C/C=C\CCCCC. The Labute approximate surface area is 426 Å². The Bertz CT molecular complexity index is 1880. The van der Waals surface area contributed by atoms with Crippen LogP contribution in [0.4, 0.5) is 5.82 Å². The van der Waals surface area contributed by atoms with Crippen molar-refractivity contribution in [3.63, 3.8) is 0 Å². The first-order chi connectivity index (χ1) is 34.5. The molecule has 0 bridgehead atoms. The van der Waals surface area contributed by atoms with Crippen LogP contribution in [0.1, 0.15) is 187 Å². The van der Waals surface area contributed by atoms with E-state index in [0.717, 1.165) is 107 Å². The summed E-state index contributed by atoms with van der Waals surface area (Å²) in [5.74, 6) is -1.42. The van der Waals surface area contributed by atoms with Gasteiger partial charge in [-0.05, 0) is 76.7 Å². The number of hydrogen-bond donors (Lipinski definition) is 7. The molecule has 0 amide bonds. The van der Waals surface area contributed by atoms with Crippen molar-refractivity contribution >= 4 is 33.4 Å². The van der Waals surface area contributed by atoms with Crippen LogP contribution in [0.3, 0.4) is 0 Å². The molecule has 414 valence electrons. The van der Waals surface area contributed by atoms with Crippen molar-refractivity contribution < 1.29 is 76.5 Å². The quantitative estimate of drug-likeness (QED) is 0.0139. The van der Waals surface area contributed by atoms with E-state index >= 15 is 0 Å². The summed E-state index contributed by atoms with van der Waals surface area (Å²) in [7, 11) is -10.9. The van der Waals surface area contributed by atoms with Gasteiger partial charge >= 0.3 is 33.3 Å². The van der Waals surface area contributed by atoms with E-state index in [9.17, 15) is 53.7 Å². The molecule has 2 heterocycles. The van der Waals surface area contributed by atoms with Crippen molar-refractivity contribution in [1.82, 2.24) is 9.55 Å². The Morgan fingerprint density at radius 2 is 1.26 bits per heavy atom. The number of nitrogens with zero attached hydrogens (tertiary/aromatic N) is 2. The monoisotopic (exact) mass is 1060 g/mol. The van der Waals surface area contributed by atoms with Gasteiger partial charge in [0.1, 0.15) is 30.7 Å². The summed E-state index contributed by atoms with van der Waals surface area (Å²) in [4.78, 5) is 62.0. The predicted molar refractivity (Wildman–Crippen MR) is 273 cm³/mol. The lowest BCUT2D eigenvalue weighted by atomic mass is 10.0. The maximum absolute atomic E-state index is 12.9. The molecule has 2 unspecified atom stereocenters. The smallest absolute Gasteiger partial charge is 0.462 e. The van der Waals surface area contributed by atoms with Crippen LogP contribution in [0.25, 0.3) is 0 Å². The van der Waals surface area contributed by atoms with E-state index in [1.807, 2.05) is 12.2 Å². The Kier molecular flexibility index (Phi) is 34.7. The number of unbranched alkanes of at least 4 members (excludes halogenated alkanes) is 17. The number of carbonyl (C=O) groups excluding carboxylic acids is 2. The van der Waals surface area contributed by atoms with Crippen molar-refractivity contribution in [2.75, 3.05) is 25.6 Å². The molecule has 1 saturated heterocycles. The molecule has 1 aliphatic heterocycles. The standard InChI is InChI=1S/C50H87N3O17P2/c1-3-5-7-9-11-12-13-14-15-16-17-18-19-20-21-25-29-33-45(56)65-37-40(68-46(57)34-30-26-22-24-28-32-42(55)41(54)31-27-23-10-8-6-4-2)38-66-71(61,62)70-72(63,64)67-39-43-47(58)48(59)49(69-43)53-36-35-44(51)52-50(53)60/h11-12,14-15,23,27,35-36,40-43,47-49,54-55,58-59H,3-10,13,16-22,24-26,28-34,37-39H2,1-2H3,(H,61,62)(H,63,64)(H2,51,52,60)/b12-11-,15-14-,27-23-/t40-,41+,42+,43-,47-,48-,49-/m1/s1. The molecule has 0 spiro atoms. The fourth-order valence-electron chi connectivity index (χ4n) is 7.66. The molecule has 8 N–H and O–H groups in total. The predicted octanol–water partition coefficient (Wildman–Crippen LogP) is 8.72. The number of aliphatic hydroxyl groups excluding tert-OH is 4. The summed E-state index contributed by atoms with van der Waals surface area (Å²) in [5.41, 5.74) is 4.57. The number of aromatic nitrogens is 2. The van der Waals surface area contributed by atoms with Crippen LogP contribution in [0, 0.1) is 0 Å². The fourth-order valence-corrected chi connectivity index (χ4v) is 9.77. The van der Waals surface area contributed by atoms with E-state index in [1.54, 1.807) is 0 Å². The molecule has 9 atom stereocenters. The maximum atomic E-state index is 12.9. The van der Waals surface area contributed by atoms with Gasteiger partial charge in [-0.1, -0.05) is 134 Å². The second-order valence-electron chi connectivity index (χ2n) is 18.3. The molecule has 1 aromatic heterocycles. The highest BCUT2D eigenvalue weighted by Gasteiger charge is 2.46. The molecule has 20 nitrogen and oxygen atoms in total. The van der Waals surface area contributed by atoms with Crippen LogP contribution in [-0.4, -0.2) is 108 Å². The molecule has 0 radical (unpaired) electrons. The van der Waals surface area contributed by atoms with Crippen LogP contribution in [0.5, 0.6) is 0 Å². The van der Waals surface area contributed by atoms with E-state index in [0.29, 0.717) is 38.5 Å². The molecule has 1 aliphatic rings. The average molecular weight is 1060 g/mol. The van der Waals surface area contributed by atoms with Crippen molar-refractivity contribution in [1.29, 1.82) is 0 Å². The van der Waals surface area contributed by atoms with Crippen LogP contribution in [-0.2, 0) is 46.3 Å². The first-order valence-corrected chi connectivity index (χ1v) is 29.2. The number of nitrogens with two attached hydrogens (primary N) is 1. The van der Waals surface area contributed by atoms with Crippen LogP contribution in [0.15, 0.2) is 53.5 Å². The minimum absolute atomic E-state index is 0.0506. The zero-order valence-electron chi connectivity index (χ0n) is 42.7. The van der Waals surface area contributed by atoms with E-state index in [-0.39, 0.29) is 18.7 Å². The lowest BCUT2D eigenvalue weighted by Gasteiger charge is -2.21. The van der Waals surface area contributed by atoms with Crippen molar-refractivity contribution in [2.45, 2.75) is 224 Å². The Hall–Kier alpha value is -3.10. The highest BCUT2D eigenvalue weighted by atomic mass is 31.3. The molecule has 0 aliphatic carbocycles. The van der Waals surface area contributed by atoms with Gasteiger partial charge in [0, 0.05) is 19.0 Å². The molecule has 2 rings (SSSR count). The largest absolute Gasteiger partial charge is 0.481 e. The summed E-state index contributed by atoms with van der Waals surface area (Å²) in [6, 6.07) is 1.24. The number of rotatable bonds is 43. The Balaban J connectivity index is 1.83. The van der Waals surface area contributed by atoms with Gasteiger partial charge in [-0.25, -0.2) is 13.9 Å². The van der Waals surface area contributed by atoms with Crippen molar-refractivity contribution in [3.05, 3.63) is 59.2 Å². The molecule has 0 aromatic carbocycles. The normalized spacial score (nSPS) is 20.2. The zero-order chi connectivity index (χ0) is 53.0. The molecular formula is C50H87N3O17P2. The highest BCUT2D eigenvalue weighted by molar-refractivity contribution is 7.61. The number of allylic oxidation sites excluding steroid dienone is 5. The van der Waals surface area contributed by atoms with Gasteiger partial charge in [0.25, 0.3) is 0 Å². The average Bonchev–Trinajstić information content (AvgIpc) is 3.61. The van der Waals surface area contributed by atoms with E-state index in [2.05, 4.69) is 47.4 Å². The number of ether oxygens (including phenoxy) is 3. The molecule has 0 saturated carbocycles. The summed E-state index contributed by atoms with van der Waals surface area (Å²) in [5, 5.41) is 41.5. The second-order valence-corrected chi connectivity index (χ2v) is 21.4. The summed E-state index contributed by atoms with van der Waals surface area (Å²) in [6.07, 6.45) is 26.6. The highest BCUT2D eigenvalue weighted by Crippen LogP contribution is 2.60. The molecule has 72 heavy (non-hydrogen) atoms. The first-order valence-electron chi connectivity index (χ1n) is 26.2. The third-order valence-corrected chi connectivity index (χ3v) is 14.5. The maximum Gasteiger partial charge on any atom is 0.481 e. The fraction of sp³-hybridized carbons (Fsp3) is 0.760. The number of hydrogen-bond acceptors (Lipinski definition) is 17. The van der Waals surface area contributed by atoms with Gasteiger partial charge in [0.2, 0.25) is 0 Å². The summed E-state index contributed by atoms with van der Waals surface area (Å²) < 4.78 is 56.7. The number of aliphatic hydroxyl groups is 4. The minimum Gasteiger partial charge on any atom is -0.462 e. The number of esters is 2. The number of phosphoric acid groups is 2. The Morgan fingerprint density at radius 3 is 1.88 bits per heavy atom. The minimum atomic E-state index is -5.46. The molecule has 1 aromatic rings. The zero-order valence-corrected chi connectivity index (χ0v) is 44.5. The van der Waals surface area contributed by atoms with Crippen molar-refractivity contribution in [2.24, 2.45) is 0 Å². The third-order valence-electron chi connectivity index (χ3n) is 11.9. The molecular weight excluding hydrogens is 977 g/mol. The van der Waals surface area contributed by atoms with Crippen LogP contribution in [0.2, 0.25) is 0 Å². The first kappa shape index (κ1) is 65.0. The van der Waals surface area contributed by atoms with Gasteiger partial charge < -0.3 is 50.2 Å². The lowest BCUT2D eigenvalue weighted by molar-refractivity contribution is -0.161. The Morgan fingerprint density at radius 1 is 0.722 bits per heavy atom.